The van der Waals surface area contributed by atoms with Crippen molar-refractivity contribution in [3.63, 3.8) is 0 Å². The highest BCUT2D eigenvalue weighted by molar-refractivity contribution is 7.87. The number of rotatable bonds is 8. The van der Waals surface area contributed by atoms with Gasteiger partial charge in [-0.1, -0.05) is 38.1 Å². The average molecular weight is 408 g/mol. The number of hydrogen-bond acceptors (Lipinski definition) is 4. The zero-order valence-corrected chi connectivity index (χ0v) is 17.0. The van der Waals surface area contributed by atoms with E-state index in [1.807, 2.05) is 13.8 Å². The summed E-state index contributed by atoms with van der Waals surface area (Å²) in [5, 5.41) is 2.59. The highest BCUT2D eigenvalue weighted by atomic mass is 32.2. The summed E-state index contributed by atoms with van der Waals surface area (Å²) in [6.07, 6.45) is 0. The van der Waals surface area contributed by atoms with Crippen molar-refractivity contribution in [2.75, 3.05) is 17.6 Å². The predicted octanol–water partition coefficient (Wildman–Crippen LogP) is 4.24. The van der Waals surface area contributed by atoms with Gasteiger partial charge in [-0.05, 0) is 42.7 Å². The van der Waals surface area contributed by atoms with Crippen molar-refractivity contribution >= 4 is 21.8 Å². The standard InChI is InChI=1S/C20H25FN2O4S/c1-4-28(25,26)27-17-11-9-16(10-12-17)14-23(13-15(2)3)20(24)22-19-8-6-5-7-18(19)21/h5-12,15H,4,13-14H2,1-3H3,(H,22,24). The number of amides is 2. The van der Waals surface area contributed by atoms with Crippen molar-refractivity contribution in [2.24, 2.45) is 5.92 Å². The number of halogens is 1. The summed E-state index contributed by atoms with van der Waals surface area (Å²) >= 11 is 0. The van der Waals surface area contributed by atoms with Crippen LogP contribution in [0.5, 0.6) is 5.75 Å². The van der Waals surface area contributed by atoms with Crippen molar-refractivity contribution < 1.29 is 21.8 Å². The zero-order valence-electron chi connectivity index (χ0n) is 16.2. The summed E-state index contributed by atoms with van der Waals surface area (Å²) in [6.45, 7) is 6.23. The smallest absolute Gasteiger partial charge is 0.322 e. The molecule has 0 aliphatic heterocycles. The molecule has 0 saturated heterocycles. The van der Waals surface area contributed by atoms with Crippen LogP contribution in [-0.2, 0) is 16.7 Å². The van der Waals surface area contributed by atoms with E-state index in [0.29, 0.717) is 13.1 Å². The number of benzene rings is 2. The summed E-state index contributed by atoms with van der Waals surface area (Å²) < 4.78 is 41.8. The Morgan fingerprint density at radius 1 is 1.14 bits per heavy atom. The molecule has 0 heterocycles. The van der Waals surface area contributed by atoms with E-state index in [1.165, 1.54) is 19.1 Å². The van der Waals surface area contributed by atoms with E-state index in [4.69, 9.17) is 4.18 Å². The Balaban J connectivity index is 2.11. The molecular formula is C20H25FN2O4S. The lowest BCUT2D eigenvalue weighted by atomic mass is 10.1. The van der Waals surface area contributed by atoms with Crippen molar-refractivity contribution in [1.82, 2.24) is 4.90 Å². The second-order valence-corrected chi connectivity index (χ2v) is 8.62. The van der Waals surface area contributed by atoms with Crippen LogP contribution in [0.25, 0.3) is 0 Å². The lowest BCUT2D eigenvalue weighted by molar-refractivity contribution is 0.201. The zero-order chi connectivity index (χ0) is 20.7. The molecule has 28 heavy (non-hydrogen) atoms. The minimum Gasteiger partial charge on any atom is -0.382 e. The predicted molar refractivity (Wildman–Crippen MR) is 107 cm³/mol. The maximum absolute atomic E-state index is 13.8. The average Bonchev–Trinajstić information content (AvgIpc) is 2.64. The molecule has 0 unspecified atom stereocenters. The molecule has 152 valence electrons. The van der Waals surface area contributed by atoms with E-state index in [1.54, 1.807) is 41.3 Å². The van der Waals surface area contributed by atoms with Crippen LogP contribution in [0.2, 0.25) is 0 Å². The van der Waals surface area contributed by atoms with Gasteiger partial charge >= 0.3 is 16.1 Å². The first-order valence-electron chi connectivity index (χ1n) is 9.01. The maximum Gasteiger partial charge on any atom is 0.322 e. The molecular weight excluding hydrogens is 383 g/mol. The summed E-state index contributed by atoms with van der Waals surface area (Å²) in [4.78, 5) is 14.2. The van der Waals surface area contributed by atoms with Crippen LogP contribution in [-0.4, -0.2) is 31.6 Å². The molecule has 6 nitrogen and oxygen atoms in total. The van der Waals surface area contributed by atoms with Crippen molar-refractivity contribution in [3.05, 3.63) is 59.9 Å². The number of nitrogens with one attached hydrogen (secondary N) is 1. The van der Waals surface area contributed by atoms with Gasteiger partial charge in [-0.15, -0.1) is 0 Å². The summed E-state index contributed by atoms with van der Waals surface area (Å²) in [7, 11) is -3.59. The Morgan fingerprint density at radius 2 is 1.79 bits per heavy atom. The van der Waals surface area contributed by atoms with E-state index >= 15 is 0 Å². The summed E-state index contributed by atoms with van der Waals surface area (Å²) in [5.41, 5.74) is 0.917. The molecule has 2 amide bonds. The van der Waals surface area contributed by atoms with Crippen LogP contribution in [0.1, 0.15) is 26.3 Å². The molecule has 8 heteroatoms. The van der Waals surface area contributed by atoms with Crippen molar-refractivity contribution in [2.45, 2.75) is 27.3 Å². The Bertz CT molecular complexity index is 899. The Labute approximate surface area is 165 Å². The second kappa shape index (κ2) is 9.54. The van der Waals surface area contributed by atoms with E-state index in [0.717, 1.165) is 5.56 Å². The molecule has 0 bridgehead atoms. The molecule has 2 rings (SSSR count). The molecule has 2 aromatic rings. The third-order valence-corrected chi connectivity index (χ3v) is 5.02. The molecule has 0 fully saturated rings. The molecule has 0 atom stereocenters. The molecule has 0 spiro atoms. The van der Waals surface area contributed by atoms with Gasteiger partial charge in [-0.25, -0.2) is 9.18 Å². The Morgan fingerprint density at radius 3 is 2.36 bits per heavy atom. The van der Waals surface area contributed by atoms with Crippen LogP contribution in [0.3, 0.4) is 0 Å². The highest BCUT2D eigenvalue weighted by Gasteiger charge is 2.17. The molecule has 1 N–H and O–H groups in total. The van der Waals surface area contributed by atoms with Gasteiger partial charge in [-0.2, -0.15) is 8.42 Å². The highest BCUT2D eigenvalue weighted by Crippen LogP contribution is 2.18. The van der Waals surface area contributed by atoms with Gasteiger partial charge in [0.2, 0.25) is 0 Å². The van der Waals surface area contributed by atoms with Crippen LogP contribution in [0.4, 0.5) is 14.9 Å². The van der Waals surface area contributed by atoms with Gasteiger partial charge in [0, 0.05) is 13.1 Å². The van der Waals surface area contributed by atoms with E-state index in [-0.39, 0.29) is 23.1 Å². The van der Waals surface area contributed by atoms with Crippen LogP contribution >= 0.6 is 0 Å². The largest absolute Gasteiger partial charge is 0.382 e. The Kier molecular flexibility index (Phi) is 7.39. The molecule has 0 saturated carbocycles. The number of nitrogens with zero attached hydrogens (tertiary/aromatic N) is 1. The third-order valence-electron chi connectivity index (χ3n) is 3.86. The summed E-state index contributed by atoms with van der Waals surface area (Å²) in [5.74, 6) is -0.188. The van der Waals surface area contributed by atoms with E-state index < -0.39 is 22.0 Å². The third kappa shape index (κ3) is 6.53. The molecule has 0 radical (unpaired) electrons. The number of anilines is 1. The van der Waals surface area contributed by atoms with Crippen LogP contribution in [0.15, 0.2) is 48.5 Å². The normalized spacial score (nSPS) is 11.3. The van der Waals surface area contributed by atoms with E-state index in [9.17, 15) is 17.6 Å². The Hall–Kier alpha value is -2.61. The second-order valence-electron chi connectivity index (χ2n) is 6.76. The number of urea groups is 1. The first-order valence-corrected chi connectivity index (χ1v) is 10.6. The van der Waals surface area contributed by atoms with Gasteiger partial charge in [0.15, 0.2) is 0 Å². The summed E-state index contributed by atoms with van der Waals surface area (Å²) in [6, 6.07) is 12.1. The number of carbonyl (C=O) groups excluding carboxylic acids is 1. The fourth-order valence-electron chi connectivity index (χ4n) is 2.49. The van der Waals surface area contributed by atoms with Crippen LogP contribution in [0, 0.1) is 11.7 Å². The molecule has 0 aliphatic carbocycles. The van der Waals surface area contributed by atoms with Crippen molar-refractivity contribution in [1.29, 1.82) is 0 Å². The fraction of sp³-hybridized carbons (Fsp3) is 0.350. The first-order chi connectivity index (χ1) is 13.2. The van der Waals surface area contributed by atoms with Gasteiger partial charge in [-0.3, -0.25) is 0 Å². The van der Waals surface area contributed by atoms with E-state index in [2.05, 4.69) is 5.32 Å². The lowest BCUT2D eigenvalue weighted by Crippen LogP contribution is -2.37. The van der Waals surface area contributed by atoms with Gasteiger partial charge in [0.25, 0.3) is 0 Å². The monoisotopic (exact) mass is 408 g/mol. The molecule has 2 aromatic carbocycles. The van der Waals surface area contributed by atoms with Crippen molar-refractivity contribution in [3.8, 4) is 5.75 Å². The van der Waals surface area contributed by atoms with Crippen LogP contribution < -0.4 is 9.50 Å². The number of carbonyl (C=O) groups is 1. The first kappa shape index (κ1) is 21.7. The fourth-order valence-corrected chi connectivity index (χ4v) is 3.02. The van der Waals surface area contributed by atoms with Gasteiger partial charge in [0.05, 0.1) is 11.4 Å². The van der Waals surface area contributed by atoms with Gasteiger partial charge in [0.1, 0.15) is 11.6 Å². The molecule has 0 aliphatic rings. The topological polar surface area (TPSA) is 75.7 Å². The SMILES string of the molecule is CCS(=O)(=O)Oc1ccc(CN(CC(C)C)C(=O)Nc2ccccc2F)cc1. The number of hydrogen-bond donors (Lipinski definition) is 1. The molecule has 0 aromatic heterocycles. The lowest BCUT2D eigenvalue weighted by Gasteiger charge is -2.25. The number of para-hydroxylation sites is 1. The van der Waals surface area contributed by atoms with Gasteiger partial charge < -0.3 is 14.4 Å². The minimum atomic E-state index is -3.59. The minimum absolute atomic E-state index is 0.118. The maximum atomic E-state index is 13.8. The quantitative estimate of drug-likeness (QED) is 0.663.